The monoisotopic (exact) mass is 388 g/mol. The van der Waals surface area contributed by atoms with Crippen LogP contribution in [0.4, 0.5) is 0 Å². The van der Waals surface area contributed by atoms with Crippen molar-refractivity contribution in [2.45, 2.75) is 19.6 Å². The van der Waals surface area contributed by atoms with E-state index < -0.39 is 6.10 Å². The molecule has 19 heavy (non-hydrogen) atoms. The van der Waals surface area contributed by atoms with Gasteiger partial charge in [-0.15, -0.1) is 0 Å². The summed E-state index contributed by atoms with van der Waals surface area (Å²) in [6.07, 6.45) is 0.834. The summed E-state index contributed by atoms with van der Waals surface area (Å²) in [5, 5.41) is 14.8. The Balaban J connectivity index is 2.48. The summed E-state index contributed by atoms with van der Waals surface area (Å²) >= 11 is 6.84. The van der Waals surface area contributed by atoms with Crippen molar-refractivity contribution in [1.82, 2.24) is 9.78 Å². The Morgan fingerprint density at radius 3 is 2.47 bits per heavy atom. The summed E-state index contributed by atoms with van der Waals surface area (Å²) in [4.78, 5) is 0. The molecule has 1 N–H and O–H groups in total. The van der Waals surface area contributed by atoms with Crippen LogP contribution in [0.25, 0.3) is 0 Å². The van der Waals surface area contributed by atoms with E-state index in [9.17, 15) is 5.11 Å². The van der Waals surface area contributed by atoms with E-state index >= 15 is 0 Å². The minimum Gasteiger partial charge on any atom is -0.493 e. The predicted molar refractivity (Wildman–Crippen MR) is 80.4 cm³/mol. The van der Waals surface area contributed by atoms with Crippen LogP contribution < -0.4 is 4.74 Å². The fraction of sp³-hybridized carbons (Fsp3) is 0.308. The molecular formula is C13H14Br2N2O2. The highest BCUT2D eigenvalue weighted by Crippen LogP contribution is 2.32. The van der Waals surface area contributed by atoms with Gasteiger partial charge in [-0.25, -0.2) is 0 Å². The number of hydrogen-bond acceptors (Lipinski definition) is 3. The average Bonchev–Trinajstić information content (AvgIpc) is 2.79. The first kappa shape index (κ1) is 14.6. The van der Waals surface area contributed by atoms with Gasteiger partial charge in [0.15, 0.2) is 5.75 Å². The van der Waals surface area contributed by atoms with Crippen LogP contribution in [0.3, 0.4) is 0 Å². The van der Waals surface area contributed by atoms with E-state index in [0.29, 0.717) is 18.0 Å². The summed E-state index contributed by atoms with van der Waals surface area (Å²) in [5.74, 6) is 0.588. The van der Waals surface area contributed by atoms with Crippen molar-refractivity contribution in [3.05, 3.63) is 44.6 Å². The Labute approximate surface area is 128 Å². The Kier molecular flexibility index (Phi) is 4.65. The van der Waals surface area contributed by atoms with Gasteiger partial charge in [0.2, 0.25) is 0 Å². The first-order valence-electron chi connectivity index (χ1n) is 5.80. The highest BCUT2D eigenvalue weighted by atomic mass is 79.9. The van der Waals surface area contributed by atoms with Gasteiger partial charge in [-0.05, 0) is 30.7 Å². The van der Waals surface area contributed by atoms with E-state index in [-0.39, 0.29) is 0 Å². The van der Waals surface area contributed by atoms with Gasteiger partial charge in [0.1, 0.15) is 11.8 Å². The molecular weight excluding hydrogens is 376 g/mol. The number of aliphatic hydroxyl groups is 1. The number of aryl methyl sites for hydroxylation is 1. The van der Waals surface area contributed by atoms with E-state index in [1.54, 1.807) is 18.0 Å². The van der Waals surface area contributed by atoms with Gasteiger partial charge in [-0.2, -0.15) is 5.10 Å². The van der Waals surface area contributed by atoms with Gasteiger partial charge in [-0.3, -0.25) is 4.68 Å². The molecule has 0 spiro atoms. The molecule has 2 aromatic rings. The Hall–Kier alpha value is -0.850. The first-order valence-corrected chi connectivity index (χ1v) is 7.39. The lowest BCUT2D eigenvalue weighted by atomic mass is 10.1. The maximum absolute atomic E-state index is 10.6. The molecule has 1 aromatic carbocycles. The van der Waals surface area contributed by atoms with Crippen molar-refractivity contribution in [1.29, 1.82) is 0 Å². The van der Waals surface area contributed by atoms with E-state index in [1.807, 2.05) is 25.1 Å². The van der Waals surface area contributed by atoms with Crippen LogP contribution in [0.15, 0.2) is 33.3 Å². The second-order valence-corrected chi connectivity index (χ2v) is 5.85. The fourth-order valence-corrected chi connectivity index (χ4v) is 3.28. The molecule has 102 valence electrons. The zero-order valence-corrected chi connectivity index (χ0v) is 13.8. The van der Waals surface area contributed by atoms with Crippen LogP contribution in [0.5, 0.6) is 5.75 Å². The maximum atomic E-state index is 10.6. The average molecular weight is 390 g/mol. The highest BCUT2D eigenvalue weighted by Gasteiger charge is 2.21. The van der Waals surface area contributed by atoms with E-state index in [0.717, 1.165) is 14.5 Å². The summed E-state index contributed by atoms with van der Waals surface area (Å²) in [6, 6.07) is 5.67. The third-order valence-electron chi connectivity index (χ3n) is 2.82. The number of ether oxygens (including phenoxy) is 1. The lowest BCUT2D eigenvalue weighted by Crippen LogP contribution is -2.10. The Morgan fingerprint density at radius 1 is 1.32 bits per heavy atom. The molecule has 1 heterocycles. The zero-order chi connectivity index (χ0) is 14.0. The molecule has 0 aliphatic carbocycles. The number of nitrogens with zero attached hydrogens (tertiary/aromatic N) is 2. The first-order chi connectivity index (χ1) is 9.06. The Bertz CT molecular complexity index is 542. The summed E-state index contributed by atoms with van der Waals surface area (Å²) in [5.41, 5.74) is 1.43. The largest absolute Gasteiger partial charge is 0.493 e. The van der Waals surface area contributed by atoms with Crippen molar-refractivity contribution in [2.24, 2.45) is 0 Å². The van der Waals surface area contributed by atoms with Crippen molar-refractivity contribution in [2.75, 3.05) is 7.11 Å². The van der Waals surface area contributed by atoms with Gasteiger partial charge in [0, 0.05) is 15.5 Å². The molecule has 0 radical (unpaired) electrons. The second kappa shape index (κ2) is 6.07. The van der Waals surface area contributed by atoms with Crippen molar-refractivity contribution >= 4 is 31.9 Å². The number of methoxy groups -OCH3 is 1. The third-order valence-corrected chi connectivity index (χ3v) is 3.74. The topological polar surface area (TPSA) is 47.3 Å². The molecule has 1 unspecified atom stereocenters. The number of halogens is 2. The number of aliphatic hydroxyl groups excluding tert-OH is 1. The van der Waals surface area contributed by atoms with Gasteiger partial charge >= 0.3 is 0 Å². The van der Waals surface area contributed by atoms with Crippen LogP contribution in [0.2, 0.25) is 0 Å². The van der Waals surface area contributed by atoms with Crippen LogP contribution >= 0.6 is 31.9 Å². The lowest BCUT2D eigenvalue weighted by Gasteiger charge is -2.15. The SMILES string of the molecule is CCn1ncc(OC)c1C(O)c1cc(Br)cc(Br)c1. The standard InChI is InChI=1S/C13H14Br2N2O2/c1-3-17-12(11(19-2)7-16-17)13(18)8-4-9(14)6-10(15)5-8/h4-7,13,18H,3H2,1-2H3. The zero-order valence-electron chi connectivity index (χ0n) is 10.6. The van der Waals surface area contributed by atoms with E-state index in [4.69, 9.17) is 4.74 Å². The summed E-state index contributed by atoms with van der Waals surface area (Å²) in [7, 11) is 1.57. The number of hydrogen-bond donors (Lipinski definition) is 1. The van der Waals surface area contributed by atoms with Gasteiger partial charge < -0.3 is 9.84 Å². The smallest absolute Gasteiger partial charge is 0.163 e. The highest BCUT2D eigenvalue weighted by molar-refractivity contribution is 9.11. The Morgan fingerprint density at radius 2 is 1.95 bits per heavy atom. The minimum absolute atomic E-state index is 0.588. The van der Waals surface area contributed by atoms with E-state index in [2.05, 4.69) is 37.0 Å². The van der Waals surface area contributed by atoms with Gasteiger partial charge in [-0.1, -0.05) is 31.9 Å². The minimum atomic E-state index is -0.786. The molecule has 0 bridgehead atoms. The molecule has 2 rings (SSSR count). The molecule has 1 atom stereocenters. The van der Waals surface area contributed by atoms with Crippen LogP contribution in [0.1, 0.15) is 24.3 Å². The van der Waals surface area contributed by atoms with Crippen molar-refractivity contribution in [3.8, 4) is 5.75 Å². The third kappa shape index (κ3) is 3.01. The van der Waals surface area contributed by atoms with E-state index in [1.165, 1.54) is 0 Å². The lowest BCUT2D eigenvalue weighted by molar-refractivity contribution is 0.202. The van der Waals surface area contributed by atoms with Crippen LogP contribution in [-0.4, -0.2) is 22.0 Å². The quantitative estimate of drug-likeness (QED) is 0.870. The number of benzene rings is 1. The van der Waals surface area contributed by atoms with Crippen LogP contribution in [0, 0.1) is 0 Å². The molecule has 0 aliphatic heterocycles. The normalized spacial score (nSPS) is 12.5. The molecule has 4 nitrogen and oxygen atoms in total. The number of aromatic nitrogens is 2. The van der Waals surface area contributed by atoms with Gasteiger partial charge in [0.25, 0.3) is 0 Å². The fourth-order valence-electron chi connectivity index (χ4n) is 1.95. The number of rotatable bonds is 4. The summed E-state index contributed by atoms with van der Waals surface area (Å²) < 4.78 is 8.80. The molecule has 1 aromatic heterocycles. The predicted octanol–water partition coefficient (Wildman–Crippen LogP) is 3.52. The van der Waals surface area contributed by atoms with Crippen molar-refractivity contribution < 1.29 is 9.84 Å². The summed E-state index contributed by atoms with van der Waals surface area (Å²) in [6.45, 7) is 2.64. The maximum Gasteiger partial charge on any atom is 0.163 e. The molecule has 0 fully saturated rings. The molecule has 0 amide bonds. The molecule has 6 heteroatoms. The van der Waals surface area contributed by atoms with Crippen molar-refractivity contribution in [3.63, 3.8) is 0 Å². The molecule has 0 aliphatic rings. The second-order valence-electron chi connectivity index (χ2n) is 4.02. The van der Waals surface area contributed by atoms with Crippen LogP contribution in [-0.2, 0) is 6.54 Å². The van der Waals surface area contributed by atoms with Gasteiger partial charge in [0.05, 0.1) is 13.3 Å². The molecule has 0 saturated carbocycles. The molecule has 0 saturated heterocycles.